The highest BCUT2D eigenvalue weighted by molar-refractivity contribution is 7.59. The Hall–Kier alpha value is -4.66. The first kappa shape index (κ1) is 59.6. The van der Waals surface area contributed by atoms with Gasteiger partial charge in [0.05, 0.1) is 30.5 Å². The number of hydrogen-bond donors (Lipinski definition) is 3. The molecule has 4 amide bonds. The maximum Gasteiger partial charge on any atom is 0.324 e. The van der Waals surface area contributed by atoms with Crippen molar-refractivity contribution in [2.45, 2.75) is 105 Å². The van der Waals surface area contributed by atoms with Crippen LogP contribution in [0.4, 0.5) is 0 Å². The number of aromatic nitrogens is 2. The molecule has 3 aliphatic heterocycles. The van der Waals surface area contributed by atoms with Gasteiger partial charge in [0.25, 0.3) is 5.91 Å². The molecule has 7 rings (SSSR count). The minimum absolute atomic E-state index is 0. The van der Waals surface area contributed by atoms with E-state index in [1.54, 1.807) is 30.3 Å². The zero-order chi connectivity index (χ0) is 47.4. The minimum Gasteiger partial charge on any atom is -0.508 e. The van der Waals surface area contributed by atoms with Crippen molar-refractivity contribution in [3.63, 3.8) is 0 Å². The fourth-order valence-electron chi connectivity index (χ4n) is 9.88. The normalized spacial score (nSPS) is 19.3. The Bertz CT molecular complexity index is 2520. The third-order valence-electron chi connectivity index (χ3n) is 13.1. The standard InChI is InChI=1S/C51H65N7O8.4H2S/c1-9-44(60)56-21-18-34(28-56)48(62)55(8)45(31(4)5)47(61)53-41-24-32-22-35(25-36(59)23-32)33-16-17-43-38(26-33)39(46(57(43)10-2)37-14-12-19-52-42(37)29-65-11-3)27-51(6,7)30-66-50(64)40-15-13-20-58(54-40)49(41)63;;;;/h9,12,14,16-17,19,22-23,25-26,31,34,40-41,45,54,59H,1,10-11,13,15,18,20-21,24,27-30H2,2-8H3,(H,53,61);4*1H2/t34-,40-,41-,45-;;;;/m0..../s1. The largest absolute Gasteiger partial charge is 0.508 e. The molecule has 0 radical (unpaired) electrons. The highest BCUT2D eigenvalue weighted by atomic mass is 32.1. The molecular weight excluding hydrogens is 967 g/mol. The van der Waals surface area contributed by atoms with Crippen molar-refractivity contribution in [3.8, 4) is 28.1 Å². The second kappa shape index (κ2) is 25.6. The number of nitrogens with one attached hydrogen (secondary N) is 2. The number of cyclic esters (lactones) is 1. The fourth-order valence-corrected chi connectivity index (χ4v) is 9.88. The molecule has 0 aliphatic carbocycles. The maximum atomic E-state index is 14.7. The molecule has 2 aromatic carbocycles. The monoisotopic (exact) mass is 1040 g/mol. The van der Waals surface area contributed by atoms with E-state index in [4.69, 9.17) is 14.5 Å². The van der Waals surface area contributed by atoms with Crippen molar-refractivity contribution in [3.05, 3.63) is 84.2 Å². The van der Waals surface area contributed by atoms with Crippen LogP contribution in [0.5, 0.6) is 5.75 Å². The van der Waals surface area contributed by atoms with E-state index in [1.807, 2.05) is 39.0 Å². The summed E-state index contributed by atoms with van der Waals surface area (Å²) in [7, 11) is 1.58. The smallest absolute Gasteiger partial charge is 0.324 e. The van der Waals surface area contributed by atoms with Crippen LogP contribution in [0.25, 0.3) is 33.3 Å². The number of phenolic OH excluding ortho intramolecular Hbond substituents is 1. The van der Waals surface area contributed by atoms with Gasteiger partial charge in [0.2, 0.25) is 17.7 Å². The van der Waals surface area contributed by atoms with Gasteiger partial charge >= 0.3 is 5.97 Å². The number of phenols is 1. The number of fused-ring (bicyclic) bond motifs is 6. The van der Waals surface area contributed by atoms with Gasteiger partial charge in [-0.2, -0.15) is 54.0 Å². The number of carbonyl (C=O) groups excluding carboxylic acids is 5. The lowest BCUT2D eigenvalue weighted by Gasteiger charge is -2.37. The Labute approximate surface area is 440 Å². The van der Waals surface area contributed by atoms with Crippen LogP contribution in [-0.4, -0.2) is 117 Å². The summed E-state index contributed by atoms with van der Waals surface area (Å²) in [5.41, 5.74) is 9.59. The number of rotatable bonds is 11. The molecule has 2 saturated heterocycles. The molecule has 15 nitrogen and oxygen atoms in total. The number of nitrogens with zero attached hydrogens (tertiary/aromatic N) is 5. The van der Waals surface area contributed by atoms with Gasteiger partial charge < -0.3 is 34.3 Å². The van der Waals surface area contributed by atoms with Gasteiger partial charge in [-0.1, -0.05) is 46.4 Å². The zero-order valence-corrected chi connectivity index (χ0v) is 45.4. The van der Waals surface area contributed by atoms with Crippen molar-refractivity contribution in [1.29, 1.82) is 0 Å². The van der Waals surface area contributed by atoms with Crippen LogP contribution < -0.4 is 10.7 Å². The molecule has 2 aromatic heterocycles. The van der Waals surface area contributed by atoms with Gasteiger partial charge in [-0.25, -0.2) is 5.43 Å². The predicted molar refractivity (Wildman–Crippen MR) is 293 cm³/mol. The minimum atomic E-state index is -1.16. The number of carbonyl (C=O) groups is 5. The Morgan fingerprint density at radius 3 is 2.47 bits per heavy atom. The highest BCUT2D eigenvalue weighted by Crippen LogP contribution is 2.41. The summed E-state index contributed by atoms with van der Waals surface area (Å²) in [6.07, 6.45) is 4.95. The van der Waals surface area contributed by atoms with Crippen molar-refractivity contribution in [1.82, 2.24) is 35.1 Å². The number of esters is 1. The number of amides is 4. The average molecular weight is 1040 g/mol. The molecule has 5 heterocycles. The third kappa shape index (κ3) is 13.1. The summed E-state index contributed by atoms with van der Waals surface area (Å²) in [4.78, 5) is 77.1. The van der Waals surface area contributed by atoms with Gasteiger partial charge in [0.1, 0.15) is 23.9 Å². The molecule has 19 heteroatoms. The molecule has 6 bridgehead atoms. The lowest BCUT2D eigenvalue weighted by atomic mass is 9.84. The van der Waals surface area contributed by atoms with Crippen LogP contribution in [0.3, 0.4) is 0 Å². The molecule has 3 N–H and O–H groups in total. The Kier molecular flexibility index (Phi) is 21.8. The van der Waals surface area contributed by atoms with Gasteiger partial charge in [-0.15, -0.1) is 0 Å². The van der Waals surface area contributed by atoms with E-state index in [1.165, 1.54) is 16.0 Å². The van der Waals surface area contributed by atoms with E-state index in [0.29, 0.717) is 57.6 Å². The van der Waals surface area contributed by atoms with Crippen LogP contribution in [0, 0.1) is 17.3 Å². The molecule has 384 valence electrons. The molecular formula is C51H73N7O8S4. The second-order valence-electron chi connectivity index (χ2n) is 19.0. The summed E-state index contributed by atoms with van der Waals surface area (Å²) >= 11 is 0. The third-order valence-corrected chi connectivity index (χ3v) is 13.1. The highest BCUT2D eigenvalue weighted by Gasteiger charge is 2.40. The van der Waals surface area contributed by atoms with Crippen LogP contribution >= 0.6 is 54.0 Å². The number of ether oxygens (including phenoxy) is 2. The van der Waals surface area contributed by atoms with E-state index in [-0.39, 0.29) is 104 Å². The quantitative estimate of drug-likeness (QED) is 0.115. The second-order valence-corrected chi connectivity index (χ2v) is 19.0. The topological polar surface area (TPSA) is 176 Å². The first-order valence-electron chi connectivity index (χ1n) is 23.3. The molecule has 0 saturated carbocycles. The number of aromatic hydroxyl groups is 1. The van der Waals surface area contributed by atoms with Crippen LogP contribution in [-0.2, 0) is 59.4 Å². The first-order valence-corrected chi connectivity index (χ1v) is 23.3. The summed E-state index contributed by atoms with van der Waals surface area (Å²) in [6.45, 7) is 18.0. The Morgan fingerprint density at radius 2 is 1.79 bits per heavy atom. The van der Waals surface area contributed by atoms with E-state index in [2.05, 4.69) is 60.9 Å². The summed E-state index contributed by atoms with van der Waals surface area (Å²) in [5, 5.41) is 16.7. The first-order chi connectivity index (χ1) is 31.5. The number of likely N-dealkylation sites (N-methyl/N-ethyl adjacent to an activating group) is 1. The van der Waals surface area contributed by atoms with E-state index in [0.717, 1.165) is 44.5 Å². The molecule has 4 aromatic rings. The van der Waals surface area contributed by atoms with Crippen LogP contribution in [0.1, 0.15) is 77.6 Å². The van der Waals surface area contributed by atoms with Crippen LogP contribution in [0.15, 0.2) is 67.4 Å². The van der Waals surface area contributed by atoms with E-state index < -0.39 is 47.2 Å². The SMILES string of the molecule is C=CC(=O)N1CC[C@H](C(=O)N(C)[C@H](C(=O)N[C@H]2Cc3cc(O)cc(c3)-c3ccc4c(c3)c(c(-c3cccnc3COCC)n4CC)CC(C)(C)COC(=O)[C@@H]3CCCN(N3)C2=O)C(C)C)C1.S.S.S.S. The predicted octanol–water partition coefficient (Wildman–Crippen LogP) is 6.25. The molecule has 3 aliphatic rings. The zero-order valence-electron chi connectivity index (χ0n) is 41.4. The fraction of sp³-hybridized carbons (Fsp3) is 0.490. The van der Waals surface area contributed by atoms with Gasteiger partial charge in [0.15, 0.2) is 0 Å². The summed E-state index contributed by atoms with van der Waals surface area (Å²) in [5.74, 6) is -2.86. The molecule has 4 atom stereocenters. The number of hydrogen-bond acceptors (Lipinski definition) is 10. The van der Waals surface area contributed by atoms with Gasteiger partial charge in [-0.05, 0) is 110 Å². The van der Waals surface area contributed by atoms with E-state index >= 15 is 0 Å². The van der Waals surface area contributed by atoms with Crippen molar-refractivity contribution in [2.24, 2.45) is 17.3 Å². The maximum absolute atomic E-state index is 14.7. The van der Waals surface area contributed by atoms with Gasteiger partial charge in [-0.3, -0.25) is 34.0 Å². The van der Waals surface area contributed by atoms with Gasteiger partial charge in [0, 0.05) is 74.3 Å². The van der Waals surface area contributed by atoms with Crippen LogP contribution in [0.2, 0.25) is 0 Å². The Morgan fingerprint density at radius 1 is 1.04 bits per heavy atom. The average Bonchev–Trinajstić information content (AvgIpc) is 3.91. The van der Waals surface area contributed by atoms with Crippen molar-refractivity contribution < 1.29 is 38.6 Å². The summed E-state index contributed by atoms with van der Waals surface area (Å²) < 4.78 is 14.3. The molecule has 0 unspecified atom stereocenters. The number of hydrazine groups is 1. The van der Waals surface area contributed by atoms with E-state index in [9.17, 15) is 29.1 Å². The number of benzene rings is 2. The number of aryl methyl sites for hydroxylation is 1. The number of likely N-dealkylation sites (tertiary alicyclic amines) is 1. The van der Waals surface area contributed by atoms with Crippen molar-refractivity contribution >= 4 is 94.5 Å². The summed E-state index contributed by atoms with van der Waals surface area (Å²) in [6, 6.07) is 12.5. The molecule has 2 fully saturated rings. The lowest BCUT2D eigenvalue weighted by molar-refractivity contribution is -0.155. The molecule has 0 spiro atoms. The lowest BCUT2D eigenvalue weighted by Crippen LogP contribution is -2.62. The Balaban J connectivity index is 0.00000324. The molecule has 70 heavy (non-hydrogen) atoms. The van der Waals surface area contributed by atoms with Crippen molar-refractivity contribution in [2.75, 3.05) is 39.9 Å². The number of pyridine rings is 1.